The molecule has 2 aromatic carbocycles. The van der Waals surface area contributed by atoms with E-state index in [1.165, 1.54) is 0 Å². The Morgan fingerprint density at radius 3 is 2.62 bits per heavy atom. The number of nitrogens with zero attached hydrogens (tertiary/aromatic N) is 1. The zero-order valence-corrected chi connectivity index (χ0v) is 18.8. The molecule has 5 nitrogen and oxygen atoms in total. The van der Waals surface area contributed by atoms with Crippen LogP contribution in [0.1, 0.15) is 36.3 Å². The Balaban J connectivity index is 1.86. The zero-order valence-electron chi connectivity index (χ0n) is 17.9. The van der Waals surface area contributed by atoms with Gasteiger partial charge in [-0.15, -0.1) is 0 Å². The fourth-order valence-electron chi connectivity index (χ4n) is 4.31. The van der Waals surface area contributed by atoms with Crippen LogP contribution in [0, 0.1) is 17.2 Å². The largest absolute Gasteiger partial charge is 0.343 e. The molecule has 1 saturated carbocycles. The minimum atomic E-state index is -2.89. The number of carbonyl (C=O) groups excluding carboxylic acids is 1. The summed E-state index contributed by atoms with van der Waals surface area (Å²) in [5.74, 6) is -4.64. The van der Waals surface area contributed by atoms with Crippen LogP contribution in [0.25, 0.3) is 11.1 Å². The molecule has 1 unspecified atom stereocenters. The molecule has 0 radical (unpaired) electrons. The van der Waals surface area contributed by atoms with E-state index in [2.05, 4.69) is 10.0 Å². The lowest BCUT2D eigenvalue weighted by Gasteiger charge is -2.36. The van der Waals surface area contributed by atoms with Crippen molar-refractivity contribution in [3.63, 3.8) is 0 Å². The van der Waals surface area contributed by atoms with Gasteiger partial charge in [0.05, 0.1) is 23.0 Å². The van der Waals surface area contributed by atoms with Gasteiger partial charge in [0, 0.05) is 25.6 Å². The number of hydrogen-bond acceptors (Lipinski definition) is 3. The van der Waals surface area contributed by atoms with Crippen molar-refractivity contribution >= 4 is 16.9 Å². The number of nitrogens with one attached hydrogen (secondary N) is 2. The highest BCUT2D eigenvalue weighted by Crippen LogP contribution is 2.47. The minimum absolute atomic E-state index is 0.197. The molecule has 3 atom stereocenters. The second kappa shape index (κ2) is 10.8. The maximum absolute atomic E-state index is 14.2. The number of rotatable bonds is 8. The Bertz CT molecular complexity index is 1010. The molecule has 0 saturated heterocycles. The van der Waals surface area contributed by atoms with Gasteiger partial charge < -0.3 is 5.32 Å². The lowest BCUT2D eigenvalue weighted by Crippen LogP contribution is -2.41. The van der Waals surface area contributed by atoms with Crippen LogP contribution in [0.2, 0.25) is 0 Å². The quantitative estimate of drug-likeness (QED) is 0.587. The number of halogens is 2. The molecular formula is C24H27F2N3O2S. The van der Waals surface area contributed by atoms with E-state index in [-0.39, 0.29) is 25.3 Å². The molecule has 2 aromatic rings. The first kappa shape index (κ1) is 24.0. The molecule has 0 spiro atoms. The van der Waals surface area contributed by atoms with E-state index in [0.717, 1.165) is 28.7 Å². The Labute approximate surface area is 189 Å². The topological polar surface area (TPSA) is 82.0 Å². The van der Waals surface area contributed by atoms with Gasteiger partial charge in [0.25, 0.3) is 0 Å². The lowest BCUT2D eigenvalue weighted by molar-refractivity contribution is -0.133. The first-order valence-electron chi connectivity index (χ1n) is 10.6. The number of alkyl halides is 2. The number of nitriles is 1. The van der Waals surface area contributed by atoms with E-state index in [9.17, 15) is 17.8 Å². The highest BCUT2D eigenvalue weighted by molar-refractivity contribution is 7.82. The monoisotopic (exact) mass is 459 g/mol. The molecule has 32 heavy (non-hydrogen) atoms. The Kier molecular flexibility index (Phi) is 8.10. The van der Waals surface area contributed by atoms with Gasteiger partial charge in [0.1, 0.15) is 6.54 Å². The van der Waals surface area contributed by atoms with Crippen molar-refractivity contribution in [3.8, 4) is 17.2 Å². The molecule has 0 heterocycles. The van der Waals surface area contributed by atoms with E-state index in [4.69, 9.17) is 5.26 Å². The number of carbonyl (C=O) groups is 1. The van der Waals surface area contributed by atoms with E-state index in [1.807, 2.05) is 54.6 Å². The summed E-state index contributed by atoms with van der Waals surface area (Å²) in [5, 5.41) is 11.2. The van der Waals surface area contributed by atoms with Crippen LogP contribution in [-0.2, 0) is 22.2 Å². The van der Waals surface area contributed by atoms with Gasteiger partial charge in [-0.1, -0.05) is 48.5 Å². The summed E-state index contributed by atoms with van der Waals surface area (Å²) in [7, 11) is -1.05. The highest BCUT2D eigenvalue weighted by atomic mass is 32.2. The van der Waals surface area contributed by atoms with Gasteiger partial charge in [0.2, 0.25) is 11.8 Å². The molecule has 8 heteroatoms. The summed E-state index contributed by atoms with van der Waals surface area (Å²) in [4.78, 5) is 12.6. The summed E-state index contributed by atoms with van der Waals surface area (Å²) in [6, 6.07) is 17.4. The fourth-order valence-corrected chi connectivity index (χ4v) is 4.70. The Morgan fingerprint density at radius 2 is 1.94 bits per heavy atom. The summed E-state index contributed by atoms with van der Waals surface area (Å²) in [6.45, 7) is 0.409. The molecule has 0 aliphatic heterocycles. The van der Waals surface area contributed by atoms with Gasteiger partial charge in [-0.3, -0.25) is 4.79 Å². The van der Waals surface area contributed by atoms with E-state index in [1.54, 1.807) is 6.26 Å². The maximum Gasteiger partial charge on any atom is 0.249 e. The summed E-state index contributed by atoms with van der Waals surface area (Å²) in [5.41, 5.74) is 3.83. The molecule has 0 bridgehead atoms. The van der Waals surface area contributed by atoms with Gasteiger partial charge in [-0.2, -0.15) is 5.26 Å². The van der Waals surface area contributed by atoms with Gasteiger partial charge in [-0.05, 0) is 41.0 Å². The summed E-state index contributed by atoms with van der Waals surface area (Å²) >= 11 is 0. The molecule has 1 aliphatic carbocycles. The third-order valence-electron chi connectivity index (χ3n) is 5.85. The first-order chi connectivity index (χ1) is 15.3. The van der Waals surface area contributed by atoms with Crippen LogP contribution < -0.4 is 10.0 Å². The van der Waals surface area contributed by atoms with E-state index in [0.29, 0.717) is 6.54 Å². The standard InChI is InChI=1S/C24H27F2N3O2S/c1-32(31)29-14-11-17-6-8-18(9-7-17)19-4-2-3-5-20(19)21-10-12-24(25,26)16-22(21)23(30)28-15-13-27/h2-9,21-22,29H,10-12,14-16H2,1H3,(H,28,30)/t21-,22+,32?/m0/s1. The number of benzene rings is 2. The molecule has 1 amide bonds. The third-order valence-corrected chi connectivity index (χ3v) is 6.46. The van der Waals surface area contributed by atoms with Gasteiger partial charge in [-0.25, -0.2) is 17.7 Å². The second-order valence-corrected chi connectivity index (χ2v) is 9.27. The van der Waals surface area contributed by atoms with Crippen LogP contribution >= 0.6 is 0 Å². The van der Waals surface area contributed by atoms with Crippen molar-refractivity contribution in [1.29, 1.82) is 5.26 Å². The van der Waals surface area contributed by atoms with Crippen molar-refractivity contribution in [2.24, 2.45) is 5.92 Å². The first-order valence-corrected chi connectivity index (χ1v) is 12.1. The molecular weight excluding hydrogens is 432 g/mol. The summed E-state index contributed by atoms with van der Waals surface area (Å²) in [6.07, 6.45) is 1.74. The second-order valence-electron chi connectivity index (χ2n) is 8.07. The van der Waals surface area contributed by atoms with Crippen LogP contribution in [0.4, 0.5) is 8.78 Å². The Hall–Kier alpha value is -2.63. The van der Waals surface area contributed by atoms with Gasteiger partial charge >= 0.3 is 0 Å². The molecule has 170 valence electrons. The van der Waals surface area contributed by atoms with Crippen LogP contribution in [0.15, 0.2) is 48.5 Å². The summed E-state index contributed by atoms with van der Waals surface area (Å²) < 4.78 is 42.4. The number of amides is 1. The predicted octanol–water partition coefficient (Wildman–Crippen LogP) is 3.94. The van der Waals surface area contributed by atoms with E-state index >= 15 is 0 Å². The normalized spacial score (nSPS) is 20.8. The third kappa shape index (κ3) is 6.21. The van der Waals surface area contributed by atoms with Crippen molar-refractivity contribution in [1.82, 2.24) is 10.0 Å². The maximum atomic E-state index is 14.2. The molecule has 3 rings (SSSR count). The SMILES string of the molecule is CS(=O)NCCc1ccc(-c2ccccc2[C@@H]2CCC(F)(F)C[C@H]2C(=O)NCC#N)cc1. The molecule has 1 fully saturated rings. The lowest BCUT2D eigenvalue weighted by atomic mass is 9.71. The smallest absolute Gasteiger partial charge is 0.249 e. The van der Waals surface area contributed by atoms with E-state index < -0.39 is 35.2 Å². The number of hydrogen-bond donors (Lipinski definition) is 2. The van der Waals surface area contributed by atoms with Crippen LogP contribution in [-0.4, -0.2) is 35.4 Å². The Morgan fingerprint density at radius 1 is 1.22 bits per heavy atom. The predicted molar refractivity (Wildman–Crippen MR) is 121 cm³/mol. The van der Waals surface area contributed by atoms with Crippen molar-refractivity contribution < 1.29 is 17.8 Å². The van der Waals surface area contributed by atoms with Crippen LogP contribution in [0.3, 0.4) is 0 Å². The average Bonchev–Trinajstić information content (AvgIpc) is 2.77. The molecule has 1 aliphatic rings. The average molecular weight is 460 g/mol. The molecule has 0 aromatic heterocycles. The highest BCUT2D eigenvalue weighted by Gasteiger charge is 2.45. The fraction of sp³-hybridized carbons (Fsp3) is 0.417. The van der Waals surface area contributed by atoms with Crippen molar-refractivity contribution in [2.45, 2.75) is 37.5 Å². The van der Waals surface area contributed by atoms with Crippen molar-refractivity contribution in [3.05, 3.63) is 59.7 Å². The van der Waals surface area contributed by atoms with Gasteiger partial charge in [0.15, 0.2) is 0 Å². The minimum Gasteiger partial charge on any atom is -0.343 e. The molecule has 2 N–H and O–H groups in total. The van der Waals surface area contributed by atoms with Crippen molar-refractivity contribution in [2.75, 3.05) is 19.3 Å². The van der Waals surface area contributed by atoms with Crippen LogP contribution in [0.5, 0.6) is 0 Å². The zero-order chi connectivity index (χ0) is 23.1.